The van der Waals surface area contributed by atoms with E-state index < -0.39 is 0 Å². The molecule has 1 N–H and O–H groups in total. The van der Waals surface area contributed by atoms with Gasteiger partial charge in [0, 0.05) is 26.2 Å². The highest BCUT2D eigenvalue weighted by Gasteiger charge is 2.33. The van der Waals surface area contributed by atoms with Crippen LogP contribution in [0.1, 0.15) is 31.7 Å². The maximum absolute atomic E-state index is 12.8. The van der Waals surface area contributed by atoms with Gasteiger partial charge in [-0.1, -0.05) is 37.3 Å². The van der Waals surface area contributed by atoms with Crippen molar-refractivity contribution in [2.45, 2.75) is 38.8 Å². The summed E-state index contributed by atoms with van der Waals surface area (Å²) in [4.78, 5) is 17.1. The summed E-state index contributed by atoms with van der Waals surface area (Å²) in [5.74, 6) is 0.641. The van der Waals surface area contributed by atoms with E-state index in [1.54, 1.807) is 0 Å². The molecular formula is C19H28N2O2. The SMILES string of the molecule is CC1CCN(C(=O)C2CCCN(Cc3ccccc3)C2)CC1O. The molecule has 0 saturated carbocycles. The van der Waals surface area contributed by atoms with Crippen molar-refractivity contribution in [3.05, 3.63) is 35.9 Å². The zero-order chi connectivity index (χ0) is 16.2. The lowest BCUT2D eigenvalue weighted by Crippen LogP contribution is -2.50. The van der Waals surface area contributed by atoms with Crippen LogP contribution in [-0.2, 0) is 11.3 Å². The molecule has 2 heterocycles. The number of carbonyl (C=O) groups is 1. The number of nitrogens with zero attached hydrogens (tertiary/aromatic N) is 2. The van der Waals surface area contributed by atoms with Crippen molar-refractivity contribution in [1.29, 1.82) is 0 Å². The van der Waals surface area contributed by atoms with Gasteiger partial charge in [-0.3, -0.25) is 9.69 Å². The smallest absolute Gasteiger partial charge is 0.227 e. The first-order valence-corrected chi connectivity index (χ1v) is 8.86. The Bertz CT molecular complexity index is 519. The molecule has 126 valence electrons. The second-order valence-electron chi connectivity index (χ2n) is 7.18. The van der Waals surface area contributed by atoms with E-state index in [-0.39, 0.29) is 17.9 Å². The van der Waals surface area contributed by atoms with Crippen LogP contribution < -0.4 is 0 Å². The summed E-state index contributed by atoms with van der Waals surface area (Å²) in [6.45, 7) is 6.20. The van der Waals surface area contributed by atoms with Gasteiger partial charge in [-0.25, -0.2) is 0 Å². The van der Waals surface area contributed by atoms with Gasteiger partial charge in [0.05, 0.1) is 12.0 Å². The molecule has 4 nitrogen and oxygen atoms in total. The second kappa shape index (κ2) is 7.45. The number of rotatable bonds is 3. The maximum Gasteiger partial charge on any atom is 0.227 e. The fourth-order valence-corrected chi connectivity index (χ4v) is 3.75. The summed E-state index contributed by atoms with van der Waals surface area (Å²) in [6, 6.07) is 10.5. The Morgan fingerprint density at radius 2 is 1.96 bits per heavy atom. The molecule has 3 unspecified atom stereocenters. The van der Waals surface area contributed by atoms with Crippen LogP contribution in [0.15, 0.2) is 30.3 Å². The standard InChI is InChI=1S/C19H28N2O2/c1-15-9-11-21(14-18(15)22)19(23)17-8-5-10-20(13-17)12-16-6-3-2-4-7-16/h2-4,6-7,15,17-18,22H,5,8-14H2,1H3. The predicted octanol–water partition coefficient (Wildman–Crippen LogP) is 2.13. The van der Waals surface area contributed by atoms with Gasteiger partial charge in [0.15, 0.2) is 0 Å². The van der Waals surface area contributed by atoms with Crippen LogP contribution in [0.5, 0.6) is 0 Å². The predicted molar refractivity (Wildman–Crippen MR) is 90.8 cm³/mol. The van der Waals surface area contributed by atoms with Gasteiger partial charge in [-0.2, -0.15) is 0 Å². The molecule has 4 heteroatoms. The summed E-state index contributed by atoms with van der Waals surface area (Å²) < 4.78 is 0. The highest BCUT2D eigenvalue weighted by molar-refractivity contribution is 5.79. The topological polar surface area (TPSA) is 43.8 Å². The zero-order valence-electron chi connectivity index (χ0n) is 14.0. The molecule has 0 radical (unpaired) electrons. The van der Waals surface area contributed by atoms with Crippen LogP contribution in [0.3, 0.4) is 0 Å². The zero-order valence-corrected chi connectivity index (χ0v) is 14.0. The third-order valence-corrected chi connectivity index (χ3v) is 5.33. The van der Waals surface area contributed by atoms with E-state index in [9.17, 15) is 9.90 Å². The van der Waals surface area contributed by atoms with Crippen molar-refractivity contribution in [1.82, 2.24) is 9.80 Å². The lowest BCUT2D eigenvalue weighted by atomic mass is 9.92. The first-order valence-electron chi connectivity index (χ1n) is 8.86. The maximum atomic E-state index is 12.8. The quantitative estimate of drug-likeness (QED) is 0.929. The molecule has 1 aromatic carbocycles. The molecule has 1 amide bonds. The Morgan fingerprint density at radius 3 is 2.70 bits per heavy atom. The van der Waals surface area contributed by atoms with Crippen molar-refractivity contribution in [2.75, 3.05) is 26.2 Å². The number of hydrogen-bond acceptors (Lipinski definition) is 3. The lowest BCUT2D eigenvalue weighted by molar-refractivity contribution is -0.141. The number of aliphatic hydroxyl groups excluding tert-OH is 1. The second-order valence-corrected chi connectivity index (χ2v) is 7.18. The Hall–Kier alpha value is -1.39. The third kappa shape index (κ3) is 4.12. The Labute approximate surface area is 139 Å². The summed E-state index contributed by atoms with van der Waals surface area (Å²) in [7, 11) is 0. The molecule has 3 rings (SSSR count). The number of hydrogen-bond donors (Lipinski definition) is 1. The molecule has 2 aliphatic heterocycles. The average Bonchev–Trinajstić information content (AvgIpc) is 2.58. The highest BCUT2D eigenvalue weighted by Crippen LogP contribution is 2.24. The molecule has 0 aromatic heterocycles. The molecule has 0 spiro atoms. The largest absolute Gasteiger partial charge is 0.391 e. The van der Waals surface area contributed by atoms with E-state index in [2.05, 4.69) is 36.1 Å². The lowest BCUT2D eigenvalue weighted by Gasteiger charge is -2.39. The normalized spacial score (nSPS) is 29.5. The summed E-state index contributed by atoms with van der Waals surface area (Å²) >= 11 is 0. The molecule has 23 heavy (non-hydrogen) atoms. The van der Waals surface area contributed by atoms with E-state index in [4.69, 9.17) is 0 Å². The summed E-state index contributed by atoms with van der Waals surface area (Å²) in [6.07, 6.45) is 2.60. The van der Waals surface area contributed by atoms with Crippen LogP contribution in [0.25, 0.3) is 0 Å². The Balaban J connectivity index is 1.56. The van der Waals surface area contributed by atoms with Crippen molar-refractivity contribution in [2.24, 2.45) is 11.8 Å². The minimum Gasteiger partial charge on any atom is -0.391 e. The van der Waals surface area contributed by atoms with Crippen molar-refractivity contribution >= 4 is 5.91 Å². The van der Waals surface area contributed by atoms with E-state index in [0.717, 1.165) is 45.4 Å². The molecule has 0 aliphatic carbocycles. The number of carbonyl (C=O) groups excluding carboxylic acids is 1. The van der Waals surface area contributed by atoms with Crippen molar-refractivity contribution in [3.8, 4) is 0 Å². The molecule has 2 fully saturated rings. The number of likely N-dealkylation sites (tertiary alicyclic amines) is 2. The summed E-state index contributed by atoms with van der Waals surface area (Å²) in [5, 5.41) is 10.0. The minimum atomic E-state index is -0.364. The number of aliphatic hydroxyl groups is 1. The molecule has 1 aromatic rings. The van der Waals surface area contributed by atoms with Gasteiger partial charge < -0.3 is 10.0 Å². The highest BCUT2D eigenvalue weighted by atomic mass is 16.3. The first-order chi connectivity index (χ1) is 11.1. The number of piperidine rings is 2. The van der Waals surface area contributed by atoms with E-state index in [1.807, 2.05) is 11.0 Å². The van der Waals surface area contributed by atoms with E-state index in [1.165, 1.54) is 5.56 Å². The monoisotopic (exact) mass is 316 g/mol. The van der Waals surface area contributed by atoms with Gasteiger partial charge in [0.2, 0.25) is 5.91 Å². The number of benzene rings is 1. The van der Waals surface area contributed by atoms with Crippen molar-refractivity contribution < 1.29 is 9.90 Å². The number of β-amino-alcohol motifs (C(OH)–C–C–N with tert-alkyl or cyclic N) is 1. The van der Waals surface area contributed by atoms with Crippen LogP contribution in [0.4, 0.5) is 0 Å². The Morgan fingerprint density at radius 1 is 1.17 bits per heavy atom. The van der Waals surface area contributed by atoms with Crippen LogP contribution in [0, 0.1) is 11.8 Å². The Kier molecular flexibility index (Phi) is 5.34. The molecule has 2 aliphatic rings. The van der Waals surface area contributed by atoms with Crippen molar-refractivity contribution in [3.63, 3.8) is 0 Å². The van der Waals surface area contributed by atoms with Gasteiger partial charge in [0.1, 0.15) is 0 Å². The number of amides is 1. The van der Waals surface area contributed by atoms with Crippen LogP contribution in [-0.4, -0.2) is 53.1 Å². The molecule has 2 saturated heterocycles. The van der Waals surface area contributed by atoms with Crippen LogP contribution in [0.2, 0.25) is 0 Å². The van der Waals surface area contributed by atoms with Gasteiger partial charge in [-0.15, -0.1) is 0 Å². The van der Waals surface area contributed by atoms with Gasteiger partial charge in [-0.05, 0) is 37.3 Å². The van der Waals surface area contributed by atoms with E-state index in [0.29, 0.717) is 12.5 Å². The van der Waals surface area contributed by atoms with Crippen LogP contribution >= 0.6 is 0 Å². The van der Waals surface area contributed by atoms with Gasteiger partial charge >= 0.3 is 0 Å². The average molecular weight is 316 g/mol. The molecule has 0 bridgehead atoms. The molecule has 3 atom stereocenters. The fraction of sp³-hybridized carbons (Fsp3) is 0.632. The van der Waals surface area contributed by atoms with E-state index >= 15 is 0 Å². The minimum absolute atomic E-state index is 0.0908. The third-order valence-electron chi connectivity index (χ3n) is 5.33. The molecular weight excluding hydrogens is 288 g/mol. The first kappa shape index (κ1) is 16.5. The summed E-state index contributed by atoms with van der Waals surface area (Å²) in [5.41, 5.74) is 1.31. The fourth-order valence-electron chi connectivity index (χ4n) is 3.75. The van der Waals surface area contributed by atoms with Gasteiger partial charge in [0.25, 0.3) is 0 Å².